The minimum atomic E-state index is -0.661. The third-order valence-corrected chi connectivity index (χ3v) is 9.33. The zero-order valence-corrected chi connectivity index (χ0v) is 35.6. The normalized spacial score (nSPS) is 9.66. The molecule has 0 saturated carbocycles. The molecule has 0 fully saturated rings. The summed E-state index contributed by atoms with van der Waals surface area (Å²) in [6.07, 6.45) is 16.5. The Labute approximate surface area is 370 Å². The molecule has 0 aliphatic rings. The van der Waals surface area contributed by atoms with Crippen molar-refractivity contribution in [2.24, 2.45) is 0 Å². The van der Waals surface area contributed by atoms with Gasteiger partial charge in [-0.25, -0.2) is 47.5 Å². The lowest BCUT2D eigenvalue weighted by Crippen LogP contribution is -1.97. The average Bonchev–Trinajstić information content (AvgIpc) is 3.93. The lowest BCUT2D eigenvalue weighted by atomic mass is 10.3. The number of rotatable bonds is 2. The number of halogens is 9. The summed E-state index contributed by atoms with van der Waals surface area (Å²) in [6.45, 7) is 0. The van der Waals surface area contributed by atoms with Crippen LogP contribution in [0.4, 0.5) is 17.6 Å². The summed E-state index contributed by atoms with van der Waals surface area (Å²) >= 11 is 21.5. The second-order valence-electron chi connectivity index (χ2n) is 10.3. The molecule has 0 spiro atoms. The summed E-state index contributed by atoms with van der Waals surface area (Å²) in [5, 5.41) is 15.6. The van der Waals surface area contributed by atoms with Crippen LogP contribution in [0.25, 0.3) is 11.6 Å². The van der Waals surface area contributed by atoms with E-state index in [1.54, 1.807) is 43.1 Å². The number of aromatic amines is 1. The van der Waals surface area contributed by atoms with Crippen molar-refractivity contribution in [3.8, 4) is 35.8 Å². The number of H-pyrrole nitrogens is 1. The average molecular weight is 1070 g/mol. The van der Waals surface area contributed by atoms with E-state index < -0.39 is 17.6 Å². The molecule has 8 aromatic heterocycles. The second-order valence-corrected chi connectivity index (χ2v) is 13.7. The van der Waals surface area contributed by atoms with Gasteiger partial charge in [-0.05, 0) is 112 Å². The first-order valence-corrected chi connectivity index (χ1v) is 19.0. The summed E-state index contributed by atoms with van der Waals surface area (Å²) in [7, 11) is 0. The molecule has 1 N–H and O–H groups in total. The van der Waals surface area contributed by atoms with Crippen LogP contribution in [0.15, 0.2) is 122 Å². The summed E-state index contributed by atoms with van der Waals surface area (Å²) in [6, 6.07) is 18.6. The van der Waals surface area contributed by atoms with E-state index in [-0.39, 0.29) is 11.0 Å². The van der Waals surface area contributed by atoms with Gasteiger partial charge in [0.25, 0.3) is 0 Å². The lowest BCUT2D eigenvalue weighted by molar-refractivity contribution is 0.560. The fourth-order valence-electron chi connectivity index (χ4n) is 3.64. The van der Waals surface area contributed by atoms with E-state index in [1.165, 1.54) is 33.6 Å². The van der Waals surface area contributed by atoms with Gasteiger partial charge in [-0.1, -0.05) is 58.8 Å². The Morgan fingerprint density at radius 2 is 1.14 bits per heavy atom. The van der Waals surface area contributed by atoms with Gasteiger partial charge in [0.15, 0.2) is 21.9 Å². The van der Waals surface area contributed by atoms with Crippen LogP contribution < -0.4 is 0 Å². The number of hydrogen-bond acceptors (Lipinski definition) is 8. The Kier molecular flexibility index (Phi) is 18.5. The van der Waals surface area contributed by atoms with Crippen molar-refractivity contribution in [1.29, 1.82) is 0 Å². The standard InChI is InChI=1S/C15H8ClFN4.C8H4ClFIN3.C7H5N.C5H3F2N.C3H2ClIN2/c16-15-11(4-6-13-3-1-2-8-18-13)10-21(20-15)14-7-5-12(17)9-19-14;9-8-6(11)4-14(13-8)7-2-1-5(10)3-12-7;1-2-7-5-3-4-6-8-7;6-4-1-2-5(7)8-3-4;4-3-2(5)1-6-7-3/h1-3,5,7-10H;1-4H;1,3-6H;1-3H;1H,(H,6,7). The molecule has 8 rings (SSSR count). The van der Waals surface area contributed by atoms with Crippen molar-refractivity contribution >= 4 is 80.0 Å². The second kappa shape index (κ2) is 23.7. The van der Waals surface area contributed by atoms with Crippen molar-refractivity contribution < 1.29 is 17.6 Å². The molecule has 0 bridgehead atoms. The monoisotopic (exact) mass is 1070 g/mol. The Hall–Kier alpha value is -5.45. The van der Waals surface area contributed by atoms with Gasteiger partial charge in [0.2, 0.25) is 5.95 Å². The van der Waals surface area contributed by atoms with Crippen LogP contribution in [0.2, 0.25) is 15.5 Å². The van der Waals surface area contributed by atoms with Crippen molar-refractivity contribution in [2.45, 2.75) is 0 Å². The quantitative estimate of drug-likeness (QED) is 0.0785. The predicted octanol–water partition coefficient (Wildman–Crippen LogP) is 9.61. The third-order valence-electron chi connectivity index (χ3n) is 6.23. The highest BCUT2D eigenvalue weighted by atomic mass is 127. The highest BCUT2D eigenvalue weighted by Gasteiger charge is 2.08. The summed E-state index contributed by atoms with van der Waals surface area (Å²) in [5.41, 5.74) is 1.88. The smallest absolute Gasteiger partial charge is 0.212 e. The third kappa shape index (κ3) is 15.5. The van der Waals surface area contributed by atoms with Gasteiger partial charge in [0.1, 0.15) is 34.0 Å². The molecule has 292 valence electrons. The maximum atomic E-state index is 12.8. The summed E-state index contributed by atoms with van der Waals surface area (Å²) in [5.74, 6) is 7.25. The molecule has 0 aliphatic carbocycles. The SMILES string of the molecule is C#Cc1ccccn1.Clc1[nH]ncc1I.Fc1ccc(-n2cc(C#Cc3ccccn3)c(Cl)n2)nc1.Fc1ccc(-n2cc(I)c(Cl)n2)nc1.Fc1ccc(F)nc1. The van der Waals surface area contributed by atoms with Crippen molar-refractivity contribution in [2.75, 3.05) is 0 Å². The molecule has 0 radical (unpaired) electrons. The molecule has 0 saturated heterocycles. The van der Waals surface area contributed by atoms with Gasteiger partial charge in [0, 0.05) is 24.8 Å². The maximum absolute atomic E-state index is 12.8. The molecule has 0 unspecified atom stereocenters. The van der Waals surface area contributed by atoms with Crippen LogP contribution in [0.1, 0.15) is 17.0 Å². The molecule has 0 atom stereocenters. The Balaban J connectivity index is 0.000000173. The van der Waals surface area contributed by atoms with E-state index in [0.717, 1.165) is 37.9 Å². The van der Waals surface area contributed by atoms with Crippen LogP contribution >= 0.6 is 80.0 Å². The van der Waals surface area contributed by atoms with E-state index in [2.05, 4.69) is 108 Å². The van der Waals surface area contributed by atoms with Gasteiger partial charge in [0.05, 0.1) is 37.5 Å². The van der Waals surface area contributed by atoms with Crippen molar-refractivity contribution in [3.05, 3.63) is 185 Å². The zero-order chi connectivity index (χ0) is 41.9. The fourth-order valence-corrected chi connectivity index (χ4v) is 4.68. The van der Waals surface area contributed by atoms with Crippen LogP contribution in [-0.4, -0.2) is 54.7 Å². The van der Waals surface area contributed by atoms with E-state index in [4.69, 9.17) is 41.2 Å². The summed E-state index contributed by atoms with van der Waals surface area (Å²) in [4.78, 5) is 18.8. The van der Waals surface area contributed by atoms with E-state index in [0.29, 0.717) is 38.9 Å². The van der Waals surface area contributed by atoms with Crippen LogP contribution in [0.3, 0.4) is 0 Å². The fraction of sp³-hybridized carbons (Fsp3) is 0. The number of terminal acetylenes is 1. The number of pyridine rings is 5. The Morgan fingerprint density at radius 1 is 0.586 bits per heavy atom. The minimum absolute atomic E-state index is 0.254. The molecule has 0 aliphatic heterocycles. The molecule has 11 nitrogen and oxygen atoms in total. The number of hydrogen-bond donors (Lipinski definition) is 1. The van der Waals surface area contributed by atoms with Crippen molar-refractivity contribution in [1.82, 2.24) is 54.7 Å². The van der Waals surface area contributed by atoms with Crippen molar-refractivity contribution in [3.63, 3.8) is 0 Å². The zero-order valence-electron chi connectivity index (χ0n) is 29.0. The van der Waals surface area contributed by atoms with Gasteiger partial charge in [-0.3, -0.25) is 5.10 Å². The molecule has 8 heterocycles. The van der Waals surface area contributed by atoms with E-state index >= 15 is 0 Å². The number of nitrogens with zero attached hydrogens (tertiary/aromatic N) is 10. The maximum Gasteiger partial charge on any atom is 0.212 e. The Bertz CT molecular complexity index is 2520. The number of aromatic nitrogens is 11. The van der Waals surface area contributed by atoms with E-state index in [1.807, 2.05) is 24.3 Å². The van der Waals surface area contributed by atoms with Gasteiger partial charge in [-0.15, -0.1) is 6.42 Å². The highest BCUT2D eigenvalue weighted by Crippen LogP contribution is 2.18. The van der Waals surface area contributed by atoms with Gasteiger partial charge < -0.3 is 0 Å². The molecule has 0 amide bonds. The van der Waals surface area contributed by atoms with Gasteiger partial charge in [-0.2, -0.15) is 19.7 Å². The first-order chi connectivity index (χ1) is 27.9. The van der Waals surface area contributed by atoms with E-state index in [9.17, 15) is 17.6 Å². The summed E-state index contributed by atoms with van der Waals surface area (Å²) < 4.78 is 53.8. The predicted molar refractivity (Wildman–Crippen MR) is 228 cm³/mol. The molecule has 58 heavy (non-hydrogen) atoms. The molecule has 0 aromatic carbocycles. The number of nitrogens with one attached hydrogen (secondary N) is 1. The highest BCUT2D eigenvalue weighted by molar-refractivity contribution is 14.1. The van der Waals surface area contributed by atoms with Crippen LogP contribution in [0.5, 0.6) is 0 Å². The molecular formula is C38H22Cl3F4I2N11. The molecule has 20 heteroatoms. The first-order valence-electron chi connectivity index (χ1n) is 15.7. The first kappa shape index (κ1) is 45.3. The Morgan fingerprint density at radius 3 is 1.52 bits per heavy atom. The van der Waals surface area contributed by atoms with Crippen LogP contribution in [-0.2, 0) is 0 Å². The molecule has 8 aromatic rings. The topological polar surface area (TPSA) is 129 Å². The largest absolute Gasteiger partial charge is 0.266 e. The van der Waals surface area contributed by atoms with Crippen LogP contribution in [0, 0.1) is 54.7 Å². The molecular weight excluding hydrogens is 1050 g/mol. The van der Waals surface area contributed by atoms with Gasteiger partial charge >= 0.3 is 0 Å². The lowest BCUT2D eigenvalue weighted by Gasteiger charge is -1.97. The minimum Gasteiger partial charge on any atom is -0.266 e.